The summed E-state index contributed by atoms with van der Waals surface area (Å²) < 4.78 is 10.0. The lowest BCUT2D eigenvalue weighted by atomic mass is 10.2. The van der Waals surface area contributed by atoms with Gasteiger partial charge in [0.1, 0.15) is 5.75 Å². The zero-order valence-corrected chi connectivity index (χ0v) is 8.53. The number of epoxide rings is 1. The van der Waals surface area contributed by atoms with Crippen molar-refractivity contribution < 1.29 is 14.3 Å². The third-order valence-corrected chi connectivity index (χ3v) is 2.22. The van der Waals surface area contributed by atoms with Crippen molar-refractivity contribution in [1.82, 2.24) is 5.32 Å². The molecule has 1 amide bonds. The molecule has 1 fully saturated rings. The van der Waals surface area contributed by atoms with Gasteiger partial charge in [0.15, 0.2) is 0 Å². The van der Waals surface area contributed by atoms with E-state index in [1.165, 1.54) is 0 Å². The molecule has 0 saturated carbocycles. The van der Waals surface area contributed by atoms with Crippen LogP contribution in [0.3, 0.4) is 0 Å². The molecule has 1 saturated heterocycles. The van der Waals surface area contributed by atoms with Crippen molar-refractivity contribution >= 4 is 5.91 Å². The Morgan fingerprint density at radius 3 is 3.13 bits per heavy atom. The van der Waals surface area contributed by atoms with Crippen molar-refractivity contribution in [3.63, 3.8) is 0 Å². The Kier molecular flexibility index (Phi) is 2.87. The van der Waals surface area contributed by atoms with Gasteiger partial charge in [-0.3, -0.25) is 4.79 Å². The van der Waals surface area contributed by atoms with Crippen LogP contribution in [0.1, 0.15) is 10.4 Å². The van der Waals surface area contributed by atoms with Crippen LogP contribution in [0.15, 0.2) is 24.3 Å². The molecule has 80 valence electrons. The van der Waals surface area contributed by atoms with Crippen LogP contribution in [0.5, 0.6) is 5.75 Å². The average molecular weight is 207 g/mol. The molecule has 0 radical (unpaired) electrons. The summed E-state index contributed by atoms with van der Waals surface area (Å²) in [5, 5.41) is 2.79. The van der Waals surface area contributed by atoms with Crippen LogP contribution in [0, 0.1) is 0 Å². The highest BCUT2D eigenvalue weighted by atomic mass is 16.6. The van der Waals surface area contributed by atoms with Gasteiger partial charge in [0.05, 0.1) is 19.8 Å². The van der Waals surface area contributed by atoms with Crippen LogP contribution in [0.4, 0.5) is 0 Å². The van der Waals surface area contributed by atoms with Gasteiger partial charge in [-0.2, -0.15) is 0 Å². The maximum Gasteiger partial charge on any atom is 0.251 e. The fourth-order valence-corrected chi connectivity index (χ4v) is 1.26. The second-order valence-corrected chi connectivity index (χ2v) is 3.40. The van der Waals surface area contributed by atoms with Crippen molar-refractivity contribution in [2.75, 3.05) is 20.3 Å². The lowest BCUT2D eigenvalue weighted by molar-refractivity contribution is 0.0950. The SMILES string of the molecule is COc1cccc(C(=O)NCC2CO2)c1. The fourth-order valence-electron chi connectivity index (χ4n) is 1.26. The number of carbonyl (C=O) groups excluding carboxylic acids is 1. The molecule has 1 aromatic rings. The van der Waals surface area contributed by atoms with E-state index in [1.54, 1.807) is 31.4 Å². The van der Waals surface area contributed by atoms with Gasteiger partial charge in [-0.25, -0.2) is 0 Å². The second-order valence-electron chi connectivity index (χ2n) is 3.40. The van der Waals surface area contributed by atoms with Gasteiger partial charge in [-0.15, -0.1) is 0 Å². The van der Waals surface area contributed by atoms with Crippen LogP contribution in [0.25, 0.3) is 0 Å². The van der Waals surface area contributed by atoms with Crippen LogP contribution in [-0.2, 0) is 4.74 Å². The first-order valence-corrected chi connectivity index (χ1v) is 4.83. The Labute approximate surface area is 88.2 Å². The van der Waals surface area contributed by atoms with Gasteiger partial charge in [0, 0.05) is 12.1 Å². The van der Waals surface area contributed by atoms with Gasteiger partial charge in [-0.1, -0.05) is 6.07 Å². The van der Waals surface area contributed by atoms with Gasteiger partial charge in [0.25, 0.3) is 5.91 Å². The van der Waals surface area contributed by atoms with E-state index in [0.29, 0.717) is 17.9 Å². The van der Waals surface area contributed by atoms with E-state index in [-0.39, 0.29) is 12.0 Å². The molecule has 1 atom stereocenters. The Morgan fingerprint density at radius 2 is 2.47 bits per heavy atom. The maximum atomic E-state index is 11.6. The molecule has 4 heteroatoms. The van der Waals surface area contributed by atoms with Gasteiger partial charge < -0.3 is 14.8 Å². The molecule has 1 unspecified atom stereocenters. The third kappa shape index (κ3) is 2.70. The molecule has 0 aromatic heterocycles. The minimum absolute atomic E-state index is 0.0931. The lowest BCUT2D eigenvalue weighted by Gasteiger charge is -2.04. The molecule has 1 N–H and O–H groups in total. The highest BCUT2D eigenvalue weighted by Crippen LogP contribution is 2.12. The average Bonchev–Trinajstić information content (AvgIpc) is 3.10. The number of hydrogen-bond donors (Lipinski definition) is 1. The Balaban J connectivity index is 1.96. The van der Waals surface area contributed by atoms with Crippen LogP contribution >= 0.6 is 0 Å². The molecule has 0 bridgehead atoms. The first-order chi connectivity index (χ1) is 7.29. The summed E-state index contributed by atoms with van der Waals surface area (Å²) in [6.45, 7) is 1.33. The van der Waals surface area contributed by atoms with E-state index in [1.807, 2.05) is 0 Å². The number of ether oxygens (including phenoxy) is 2. The number of hydrogen-bond acceptors (Lipinski definition) is 3. The number of amides is 1. The maximum absolute atomic E-state index is 11.6. The predicted molar refractivity (Wildman–Crippen MR) is 55.1 cm³/mol. The topological polar surface area (TPSA) is 50.9 Å². The quantitative estimate of drug-likeness (QED) is 0.744. The monoisotopic (exact) mass is 207 g/mol. The first-order valence-electron chi connectivity index (χ1n) is 4.83. The first kappa shape index (κ1) is 9.98. The molecule has 0 spiro atoms. The van der Waals surface area contributed by atoms with Crippen molar-refractivity contribution in [2.24, 2.45) is 0 Å². The summed E-state index contributed by atoms with van der Waals surface area (Å²) >= 11 is 0. The van der Waals surface area contributed by atoms with E-state index in [0.717, 1.165) is 6.61 Å². The van der Waals surface area contributed by atoms with Crippen molar-refractivity contribution in [3.05, 3.63) is 29.8 Å². The standard InChI is InChI=1S/C11H13NO3/c1-14-9-4-2-3-8(5-9)11(13)12-6-10-7-15-10/h2-5,10H,6-7H2,1H3,(H,12,13). The van der Waals surface area contributed by atoms with Crippen molar-refractivity contribution in [3.8, 4) is 5.75 Å². The van der Waals surface area contributed by atoms with E-state index in [4.69, 9.17) is 9.47 Å². The summed E-state index contributed by atoms with van der Waals surface area (Å²) in [4.78, 5) is 11.6. The smallest absolute Gasteiger partial charge is 0.251 e. The molecule has 1 aliphatic heterocycles. The molecule has 4 nitrogen and oxygen atoms in total. The van der Waals surface area contributed by atoms with Crippen LogP contribution in [0.2, 0.25) is 0 Å². The Bertz CT molecular complexity index is 361. The molecule has 1 aromatic carbocycles. The highest BCUT2D eigenvalue weighted by molar-refractivity contribution is 5.94. The number of rotatable bonds is 4. The van der Waals surface area contributed by atoms with Crippen molar-refractivity contribution in [2.45, 2.75) is 6.10 Å². The fraction of sp³-hybridized carbons (Fsp3) is 0.364. The number of carbonyl (C=O) groups is 1. The van der Waals surface area contributed by atoms with E-state index in [2.05, 4.69) is 5.32 Å². The summed E-state index contributed by atoms with van der Waals surface area (Å²) in [7, 11) is 1.58. The summed E-state index contributed by atoms with van der Waals surface area (Å²) in [6.07, 6.45) is 0.208. The molecular formula is C11H13NO3. The lowest BCUT2D eigenvalue weighted by Crippen LogP contribution is -2.27. The normalized spacial score (nSPS) is 18.3. The molecule has 2 rings (SSSR count). The zero-order valence-electron chi connectivity index (χ0n) is 8.53. The van der Waals surface area contributed by atoms with E-state index >= 15 is 0 Å². The minimum atomic E-state index is -0.0931. The zero-order chi connectivity index (χ0) is 10.7. The summed E-state index contributed by atoms with van der Waals surface area (Å²) in [5.41, 5.74) is 0.606. The number of nitrogens with one attached hydrogen (secondary N) is 1. The Hall–Kier alpha value is -1.55. The largest absolute Gasteiger partial charge is 0.497 e. The minimum Gasteiger partial charge on any atom is -0.497 e. The van der Waals surface area contributed by atoms with Crippen LogP contribution in [-0.4, -0.2) is 32.3 Å². The van der Waals surface area contributed by atoms with E-state index in [9.17, 15) is 4.79 Å². The number of methoxy groups -OCH3 is 1. The molecule has 1 heterocycles. The van der Waals surface area contributed by atoms with E-state index < -0.39 is 0 Å². The molecule has 1 aliphatic rings. The molecule has 15 heavy (non-hydrogen) atoms. The summed E-state index contributed by atoms with van der Waals surface area (Å²) in [6, 6.07) is 7.07. The highest BCUT2D eigenvalue weighted by Gasteiger charge is 2.22. The second kappa shape index (κ2) is 4.31. The van der Waals surface area contributed by atoms with Crippen LogP contribution < -0.4 is 10.1 Å². The molecule has 0 aliphatic carbocycles. The third-order valence-electron chi connectivity index (χ3n) is 2.22. The van der Waals surface area contributed by atoms with Crippen molar-refractivity contribution in [1.29, 1.82) is 0 Å². The predicted octanol–water partition coefficient (Wildman–Crippen LogP) is 0.824. The number of benzene rings is 1. The van der Waals surface area contributed by atoms with Gasteiger partial charge in [0.2, 0.25) is 0 Å². The Morgan fingerprint density at radius 1 is 1.67 bits per heavy atom. The van der Waals surface area contributed by atoms with Gasteiger partial charge in [-0.05, 0) is 18.2 Å². The van der Waals surface area contributed by atoms with Gasteiger partial charge >= 0.3 is 0 Å². The molecular weight excluding hydrogens is 194 g/mol. The summed E-state index contributed by atoms with van der Waals surface area (Å²) in [5.74, 6) is 0.592.